The van der Waals surface area contributed by atoms with Crippen LogP contribution in [0.4, 0.5) is 4.39 Å². The molecule has 2 unspecified atom stereocenters. The summed E-state index contributed by atoms with van der Waals surface area (Å²) in [6, 6.07) is 0. The van der Waals surface area contributed by atoms with Crippen molar-refractivity contribution in [3.8, 4) is 0 Å². The fraction of sp³-hybridized carbons (Fsp3) is 0.857. The Labute approximate surface area is 65.2 Å². The molecule has 4 heteroatoms. The molecule has 0 aromatic heterocycles. The Morgan fingerprint density at radius 1 is 1.73 bits per heavy atom. The van der Waals surface area contributed by atoms with E-state index in [1.54, 1.807) is 6.92 Å². The number of carboxylic acids is 1. The molecule has 0 spiro atoms. The Balaban J connectivity index is 3.91. The van der Waals surface area contributed by atoms with E-state index in [4.69, 9.17) is 5.11 Å². The van der Waals surface area contributed by atoms with Crippen LogP contribution >= 0.6 is 0 Å². The molecular weight excluding hydrogens is 151 g/mol. The van der Waals surface area contributed by atoms with Crippen molar-refractivity contribution in [2.24, 2.45) is 5.92 Å². The number of halogens is 1. The van der Waals surface area contributed by atoms with Crippen molar-refractivity contribution in [1.29, 1.82) is 0 Å². The third-order valence-electron chi connectivity index (χ3n) is 1.55. The van der Waals surface area contributed by atoms with Crippen molar-refractivity contribution in [2.45, 2.75) is 19.5 Å². The lowest BCUT2D eigenvalue weighted by atomic mass is 10.0. The predicted octanol–water partition coefficient (Wildman–Crippen LogP) is 1.08. The van der Waals surface area contributed by atoms with Crippen molar-refractivity contribution in [2.75, 3.05) is 13.7 Å². The van der Waals surface area contributed by atoms with E-state index in [1.165, 1.54) is 7.11 Å². The number of rotatable bonds is 5. The minimum atomic E-state index is -1.81. The van der Waals surface area contributed by atoms with Gasteiger partial charge in [-0.25, -0.2) is 9.18 Å². The van der Waals surface area contributed by atoms with E-state index in [-0.39, 0.29) is 6.61 Å². The molecule has 0 saturated carbocycles. The van der Waals surface area contributed by atoms with Gasteiger partial charge in [-0.1, -0.05) is 6.92 Å². The third-order valence-corrected chi connectivity index (χ3v) is 1.55. The van der Waals surface area contributed by atoms with Gasteiger partial charge < -0.3 is 9.84 Å². The van der Waals surface area contributed by atoms with E-state index >= 15 is 0 Å². The van der Waals surface area contributed by atoms with Gasteiger partial charge in [-0.05, 0) is 6.42 Å². The number of carboxylic acid groups (broad SMARTS) is 1. The van der Waals surface area contributed by atoms with Crippen LogP contribution in [0.15, 0.2) is 0 Å². The van der Waals surface area contributed by atoms with Gasteiger partial charge >= 0.3 is 5.97 Å². The first-order chi connectivity index (χ1) is 5.13. The van der Waals surface area contributed by atoms with Gasteiger partial charge in [0.1, 0.15) is 0 Å². The van der Waals surface area contributed by atoms with E-state index in [2.05, 4.69) is 4.74 Å². The molecule has 0 aliphatic heterocycles. The minimum absolute atomic E-state index is 0.157. The summed E-state index contributed by atoms with van der Waals surface area (Å²) in [5.74, 6) is -1.94. The van der Waals surface area contributed by atoms with Crippen LogP contribution in [0.3, 0.4) is 0 Å². The molecule has 0 aliphatic rings. The first-order valence-electron chi connectivity index (χ1n) is 3.49. The van der Waals surface area contributed by atoms with Crippen LogP contribution in [-0.2, 0) is 9.53 Å². The summed E-state index contributed by atoms with van der Waals surface area (Å²) < 4.78 is 17.4. The van der Waals surface area contributed by atoms with Gasteiger partial charge in [-0.15, -0.1) is 0 Å². The summed E-state index contributed by atoms with van der Waals surface area (Å²) in [6.45, 7) is 1.89. The highest BCUT2D eigenvalue weighted by Crippen LogP contribution is 2.12. The first kappa shape index (κ1) is 10.4. The van der Waals surface area contributed by atoms with Gasteiger partial charge in [0.05, 0.1) is 6.61 Å². The number of methoxy groups -OCH3 is 1. The van der Waals surface area contributed by atoms with Gasteiger partial charge in [0.25, 0.3) is 0 Å². The molecule has 1 N–H and O–H groups in total. The molecule has 0 amide bonds. The maximum absolute atomic E-state index is 12.7. The first-order valence-corrected chi connectivity index (χ1v) is 3.49. The second kappa shape index (κ2) is 5.07. The summed E-state index contributed by atoms with van der Waals surface area (Å²) >= 11 is 0. The Morgan fingerprint density at radius 2 is 2.27 bits per heavy atom. The van der Waals surface area contributed by atoms with Crippen molar-refractivity contribution in [3.63, 3.8) is 0 Å². The second-order valence-electron chi connectivity index (χ2n) is 2.36. The van der Waals surface area contributed by atoms with E-state index in [0.717, 1.165) is 0 Å². The summed E-state index contributed by atoms with van der Waals surface area (Å²) in [7, 11) is 1.43. The van der Waals surface area contributed by atoms with E-state index in [0.29, 0.717) is 6.42 Å². The van der Waals surface area contributed by atoms with Crippen LogP contribution in [0.5, 0.6) is 0 Å². The second-order valence-corrected chi connectivity index (χ2v) is 2.36. The average Bonchev–Trinajstić information content (AvgIpc) is 1.98. The minimum Gasteiger partial charge on any atom is -0.479 e. The van der Waals surface area contributed by atoms with Gasteiger partial charge in [-0.2, -0.15) is 0 Å². The number of alkyl halides is 1. The lowest BCUT2D eigenvalue weighted by Crippen LogP contribution is -2.27. The maximum atomic E-state index is 12.7. The van der Waals surface area contributed by atoms with Gasteiger partial charge in [0.15, 0.2) is 0 Å². The Kier molecular flexibility index (Phi) is 4.77. The highest BCUT2D eigenvalue weighted by atomic mass is 19.1. The van der Waals surface area contributed by atoms with Crippen LogP contribution in [0.1, 0.15) is 13.3 Å². The van der Waals surface area contributed by atoms with Crippen LogP contribution in [0, 0.1) is 5.92 Å². The summed E-state index contributed by atoms with van der Waals surface area (Å²) in [5.41, 5.74) is 0. The summed E-state index contributed by atoms with van der Waals surface area (Å²) in [5, 5.41) is 8.28. The van der Waals surface area contributed by atoms with E-state index in [9.17, 15) is 9.18 Å². The number of ether oxygens (including phenoxy) is 1. The number of carbonyl (C=O) groups is 1. The predicted molar refractivity (Wildman–Crippen MR) is 38.2 cm³/mol. The summed E-state index contributed by atoms with van der Waals surface area (Å²) in [6.07, 6.45) is -1.33. The van der Waals surface area contributed by atoms with Gasteiger partial charge in [0.2, 0.25) is 6.17 Å². The van der Waals surface area contributed by atoms with Gasteiger partial charge in [-0.3, -0.25) is 0 Å². The molecule has 2 atom stereocenters. The van der Waals surface area contributed by atoms with Crippen LogP contribution in [0.25, 0.3) is 0 Å². The smallest absolute Gasteiger partial charge is 0.338 e. The molecule has 11 heavy (non-hydrogen) atoms. The molecule has 66 valence electrons. The van der Waals surface area contributed by atoms with Crippen molar-refractivity contribution in [3.05, 3.63) is 0 Å². The molecule has 0 radical (unpaired) electrons. The molecule has 0 bridgehead atoms. The fourth-order valence-corrected chi connectivity index (χ4v) is 0.825. The Bertz CT molecular complexity index is 127. The zero-order chi connectivity index (χ0) is 8.85. The van der Waals surface area contributed by atoms with Gasteiger partial charge in [0, 0.05) is 13.0 Å². The SMILES string of the molecule is CCC(COC)C(F)C(=O)O. The van der Waals surface area contributed by atoms with Crippen molar-refractivity contribution >= 4 is 5.97 Å². The summed E-state index contributed by atoms with van der Waals surface area (Å²) in [4.78, 5) is 10.1. The van der Waals surface area contributed by atoms with E-state index < -0.39 is 18.1 Å². The van der Waals surface area contributed by atoms with Crippen molar-refractivity contribution in [1.82, 2.24) is 0 Å². The molecule has 0 aromatic rings. The fourth-order valence-electron chi connectivity index (χ4n) is 0.825. The molecule has 0 aromatic carbocycles. The van der Waals surface area contributed by atoms with Crippen LogP contribution in [-0.4, -0.2) is 31.0 Å². The quantitative estimate of drug-likeness (QED) is 0.661. The largest absolute Gasteiger partial charge is 0.479 e. The molecule has 0 rings (SSSR count). The third kappa shape index (κ3) is 3.32. The normalized spacial score (nSPS) is 15.9. The topological polar surface area (TPSA) is 46.5 Å². The molecule has 0 saturated heterocycles. The Hall–Kier alpha value is -0.640. The molecule has 0 aliphatic carbocycles. The lowest BCUT2D eigenvalue weighted by Gasteiger charge is -2.14. The maximum Gasteiger partial charge on any atom is 0.338 e. The number of hydrogen-bond acceptors (Lipinski definition) is 2. The molecule has 0 heterocycles. The van der Waals surface area contributed by atoms with Crippen LogP contribution in [0.2, 0.25) is 0 Å². The standard InChI is InChI=1S/C7H13FO3/c1-3-5(4-11-2)6(8)7(9)10/h5-6H,3-4H2,1-2H3,(H,9,10). The zero-order valence-corrected chi connectivity index (χ0v) is 6.71. The lowest BCUT2D eigenvalue weighted by molar-refractivity contribution is -0.145. The average molecular weight is 164 g/mol. The number of aliphatic carboxylic acids is 1. The monoisotopic (exact) mass is 164 g/mol. The van der Waals surface area contributed by atoms with E-state index in [1.807, 2.05) is 0 Å². The number of hydrogen-bond donors (Lipinski definition) is 1. The molecule has 0 fully saturated rings. The zero-order valence-electron chi connectivity index (χ0n) is 6.71. The highest BCUT2D eigenvalue weighted by Gasteiger charge is 2.25. The van der Waals surface area contributed by atoms with Crippen molar-refractivity contribution < 1.29 is 19.0 Å². The van der Waals surface area contributed by atoms with Crippen LogP contribution < -0.4 is 0 Å². The highest BCUT2D eigenvalue weighted by molar-refractivity contribution is 5.72. The molecule has 3 nitrogen and oxygen atoms in total. The Morgan fingerprint density at radius 3 is 2.55 bits per heavy atom. The molecular formula is C7H13FO3.